The van der Waals surface area contributed by atoms with Crippen LogP contribution in [0.25, 0.3) is 10.2 Å². The Morgan fingerprint density at radius 2 is 1.90 bits per heavy atom. The van der Waals surface area contributed by atoms with Crippen LogP contribution in [-0.4, -0.2) is 29.2 Å². The molecule has 0 amide bonds. The van der Waals surface area contributed by atoms with E-state index in [-0.39, 0.29) is 4.88 Å². The van der Waals surface area contributed by atoms with Gasteiger partial charge in [0.15, 0.2) is 0 Å². The number of nitrogens with zero attached hydrogens (tertiary/aromatic N) is 3. The molecule has 0 saturated carbocycles. The molecule has 0 radical (unpaired) electrons. The summed E-state index contributed by atoms with van der Waals surface area (Å²) in [7, 11) is 0. The van der Waals surface area contributed by atoms with E-state index in [0.29, 0.717) is 33.9 Å². The summed E-state index contributed by atoms with van der Waals surface area (Å²) in [6.45, 7) is 1.49. The van der Waals surface area contributed by atoms with Gasteiger partial charge in [-0.15, -0.1) is 11.3 Å². The fourth-order valence-corrected chi connectivity index (χ4v) is 5.20. The molecule has 0 spiro atoms. The summed E-state index contributed by atoms with van der Waals surface area (Å²) in [5, 5.41) is 0.665. The van der Waals surface area contributed by atoms with E-state index in [1.165, 1.54) is 18.5 Å². The van der Waals surface area contributed by atoms with Crippen LogP contribution in [0, 0.1) is 17.6 Å². The van der Waals surface area contributed by atoms with Crippen molar-refractivity contribution in [1.82, 2.24) is 9.97 Å². The second kappa shape index (κ2) is 9.06. The molecular formula is C22H22F5N3S. The standard InChI is InChI=1S/C22H22F5N3S/c23-16-6-5-15(19(24)10-16)4-3-14-2-1-8-30(9-7-14)20-18-11-17(12-22(25,26)27)31-21(18)29-13-28-20/h5-6,10-11,13-14H,1-4,7-9,12H2/t14-/m0/s1. The van der Waals surface area contributed by atoms with Crippen LogP contribution in [-0.2, 0) is 12.8 Å². The quantitative estimate of drug-likeness (QED) is 0.422. The Morgan fingerprint density at radius 3 is 2.68 bits per heavy atom. The van der Waals surface area contributed by atoms with E-state index < -0.39 is 24.2 Å². The van der Waals surface area contributed by atoms with E-state index in [1.54, 1.807) is 6.07 Å². The van der Waals surface area contributed by atoms with E-state index >= 15 is 0 Å². The van der Waals surface area contributed by atoms with Gasteiger partial charge in [-0.1, -0.05) is 6.07 Å². The second-order valence-electron chi connectivity index (χ2n) is 7.98. The number of hydrogen-bond acceptors (Lipinski definition) is 4. The maximum Gasteiger partial charge on any atom is 0.393 e. The van der Waals surface area contributed by atoms with Crippen LogP contribution in [0.3, 0.4) is 0 Å². The smallest absolute Gasteiger partial charge is 0.356 e. The predicted octanol–water partition coefficient (Wildman–Crippen LogP) is 6.31. The second-order valence-corrected chi connectivity index (χ2v) is 9.09. The van der Waals surface area contributed by atoms with Crippen LogP contribution < -0.4 is 4.90 Å². The number of rotatable bonds is 5. The van der Waals surface area contributed by atoms with Gasteiger partial charge in [0.2, 0.25) is 0 Å². The van der Waals surface area contributed by atoms with Gasteiger partial charge in [-0.2, -0.15) is 13.2 Å². The van der Waals surface area contributed by atoms with Crippen molar-refractivity contribution in [2.45, 2.75) is 44.7 Å². The number of benzene rings is 1. The zero-order valence-electron chi connectivity index (χ0n) is 16.8. The van der Waals surface area contributed by atoms with E-state index in [4.69, 9.17) is 0 Å². The third kappa shape index (κ3) is 5.50. The highest BCUT2D eigenvalue weighted by atomic mass is 32.1. The Balaban J connectivity index is 1.43. The molecule has 0 N–H and O–H groups in total. The van der Waals surface area contributed by atoms with Gasteiger partial charge in [0, 0.05) is 24.0 Å². The first kappa shape index (κ1) is 21.9. The van der Waals surface area contributed by atoms with Crippen molar-refractivity contribution in [2.75, 3.05) is 18.0 Å². The molecule has 0 unspecified atom stereocenters. The van der Waals surface area contributed by atoms with Crippen molar-refractivity contribution in [3.63, 3.8) is 0 Å². The minimum atomic E-state index is -4.26. The predicted molar refractivity (Wildman–Crippen MR) is 111 cm³/mol. The first-order valence-corrected chi connectivity index (χ1v) is 11.1. The first-order chi connectivity index (χ1) is 14.8. The van der Waals surface area contributed by atoms with Gasteiger partial charge in [-0.3, -0.25) is 0 Å². The average Bonchev–Trinajstić information content (AvgIpc) is 2.94. The normalized spacial score (nSPS) is 17.8. The Bertz CT molecular complexity index is 1050. The van der Waals surface area contributed by atoms with Gasteiger partial charge >= 0.3 is 6.18 Å². The number of aromatic nitrogens is 2. The molecule has 3 heterocycles. The van der Waals surface area contributed by atoms with Crippen LogP contribution >= 0.6 is 11.3 Å². The number of thiophene rings is 1. The Hall–Kier alpha value is -2.29. The molecule has 0 bridgehead atoms. The number of halogens is 5. The molecule has 1 aromatic carbocycles. The van der Waals surface area contributed by atoms with E-state index in [0.717, 1.165) is 56.2 Å². The third-order valence-electron chi connectivity index (χ3n) is 5.72. The minimum Gasteiger partial charge on any atom is -0.356 e. The molecule has 31 heavy (non-hydrogen) atoms. The monoisotopic (exact) mass is 455 g/mol. The summed E-state index contributed by atoms with van der Waals surface area (Å²) in [5.41, 5.74) is 0.524. The fourth-order valence-electron chi connectivity index (χ4n) is 4.18. The van der Waals surface area contributed by atoms with Crippen LogP contribution in [0.2, 0.25) is 0 Å². The van der Waals surface area contributed by atoms with Gasteiger partial charge in [0.05, 0.1) is 11.8 Å². The van der Waals surface area contributed by atoms with Crippen LogP contribution in [0.5, 0.6) is 0 Å². The molecule has 0 aliphatic carbocycles. The van der Waals surface area contributed by atoms with Crippen LogP contribution in [0.15, 0.2) is 30.6 Å². The third-order valence-corrected chi connectivity index (χ3v) is 6.76. The van der Waals surface area contributed by atoms with E-state index in [9.17, 15) is 22.0 Å². The number of fused-ring (bicyclic) bond motifs is 1. The molecule has 1 aliphatic rings. The highest BCUT2D eigenvalue weighted by Gasteiger charge is 2.29. The molecule has 9 heteroatoms. The molecule has 1 fully saturated rings. The largest absolute Gasteiger partial charge is 0.393 e. The van der Waals surface area contributed by atoms with Crippen molar-refractivity contribution in [3.05, 3.63) is 52.7 Å². The number of anilines is 1. The summed E-state index contributed by atoms with van der Waals surface area (Å²) in [6.07, 6.45) is 0.338. The zero-order valence-corrected chi connectivity index (χ0v) is 17.6. The molecular weight excluding hydrogens is 433 g/mol. The summed E-state index contributed by atoms with van der Waals surface area (Å²) < 4.78 is 65.3. The fraction of sp³-hybridized carbons (Fsp3) is 0.455. The topological polar surface area (TPSA) is 29.0 Å². The molecule has 2 aromatic heterocycles. The van der Waals surface area contributed by atoms with Crippen molar-refractivity contribution in [3.8, 4) is 0 Å². The van der Waals surface area contributed by atoms with E-state index in [2.05, 4.69) is 14.9 Å². The Labute approximate surface area is 180 Å². The van der Waals surface area contributed by atoms with Gasteiger partial charge in [0.1, 0.15) is 28.6 Å². The van der Waals surface area contributed by atoms with Crippen molar-refractivity contribution >= 4 is 27.4 Å². The molecule has 4 rings (SSSR count). The molecule has 3 aromatic rings. The first-order valence-electron chi connectivity index (χ1n) is 10.3. The number of aryl methyl sites for hydroxylation is 1. The van der Waals surface area contributed by atoms with Crippen LogP contribution in [0.4, 0.5) is 27.8 Å². The van der Waals surface area contributed by atoms with Crippen molar-refractivity contribution in [1.29, 1.82) is 0 Å². The number of alkyl halides is 3. The lowest BCUT2D eigenvalue weighted by atomic mass is 9.93. The molecule has 1 saturated heterocycles. The lowest BCUT2D eigenvalue weighted by molar-refractivity contribution is -0.126. The van der Waals surface area contributed by atoms with Gasteiger partial charge < -0.3 is 4.90 Å². The Morgan fingerprint density at radius 1 is 1.06 bits per heavy atom. The summed E-state index contributed by atoms with van der Waals surface area (Å²) in [6, 6.07) is 5.25. The van der Waals surface area contributed by atoms with Crippen LogP contribution in [0.1, 0.15) is 36.1 Å². The highest BCUT2D eigenvalue weighted by molar-refractivity contribution is 7.18. The lowest BCUT2D eigenvalue weighted by Crippen LogP contribution is -2.25. The van der Waals surface area contributed by atoms with Crippen molar-refractivity contribution in [2.24, 2.45) is 5.92 Å². The zero-order chi connectivity index (χ0) is 22.0. The lowest BCUT2D eigenvalue weighted by Gasteiger charge is -2.22. The molecule has 1 atom stereocenters. The summed E-state index contributed by atoms with van der Waals surface area (Å²) >= 11 is 1.06. The summed E-state index contributed by atoms with van der Waals surface area (Å²) in [5.74, 6) is -0.00459. The maximum atomic E-state index is 13.9. The Kier molecular flexibility index (Phi) is 6.41. The maximum absolute atomic E-state index is 13.9. The summed E-state index contributed by atoms with van der Waals surface area (Å²) in [4.78, 5) is 11.4. The van der Waals surface area contributed by atoms with Gasteiger partial charge in [-0.05, 0) is 55.7 Å². The minimum absolute atomic E-state index is 0.235. The van der Waals surface area contributed by atoms with Gasteiger partial charge in [-0.25, -0.2) is 18.7 Å². The molecule has 3 nitrogen and oxygen atoms in total. The van der Waals surface area contributed by atoms with Gasteiger partial charge in [0.25, 0.3) is 0 Å². The SMILES string of the molecule is Fc1ccc(CC[C@@H]2CCCN(c3ncnc4sc(CC(F)(F)F)cc34)CC2)c(F)c1. The number of hydrogen-bond donors (Lipinski definition) is 0. The molecule has 166 valence electrons. The molecule has 1 aliphatic heterocycles. The average molecular weight is 455 g/mol. The van der Waals surface area contributed by atoms with E-state index in [1.807, 2.05) is 0 Å². The highest BCUT2D eigenvalue weighted by Crippen LogP contribution is 2.35. The van der Waals surface area contributed by atoms with Crippen molar-refractivity contribution < 1.29 is 22.0 Å².